The molecule has 1 aromatic heterocycles. The zero-order chi connectivity index (χ0) is 19.4. The van der Waals surface area contributed by atoms with Crippen molar-refractivity contribution in [3.8, 4) is 5.88 Å². The highest BCUT2D eigenvalue weighted by Crippen LogP contribution is 2.43. The summed E-state index contributed by atoms with van der Waals surface area (Å²) in [7, 11) is 1.40. The first-order valence-corrected chi connectivity index (χ1v) is 10.2. The normalized spacial score (nSPS) is 20.7. The average molecular weight is 380 g/mol. The Labute approximate surface area is 161 Å². The van der Waals surface area contributed by atoms with Crippen LogP contribution in [0.25, 0.3) is 0 Å². The monoisotopic (exact) mass is 380 g/mol. The molecule has 3 rings (SSSR count). The van der Waals surface area contributed by atoms with Crippen molar-refractivity contribution in [1.82, 2.24) is 10.1 Å². The van der Waals surface area contributed by atoms with Crippen LogP contribution in [-0.2, 0) is 4.74 Å². The Morgan fingerprint density at radius 3 is 2.44 bits per heavy atom. The van der Waals surface area contributed by atoms with E-state index in [-0.39, 0.29) is 24.0 Å². The van der Waals surface area contributed by atoms with Crippen molar-refractivity contribution in [3.05, 3.63) is 11.3 Å². The number of aliphatic hydroxyl groups is 1. The first-order chi connectivity index (χ1) is 13.0. The van der Waals surface area contributed by atoms with Crippen LogP contribution in [0.5, 0.6) is 5.88 Å². The number of ether oxygens (including phenoxy) is 2. The molecule has 0 spiro atoms. The third kappa shape index (κ3) is 4.57. The van der Waals surface area contributed by atoms with Crippen LogP contribution in [-0.4, -0.2) is 47.6 Å². The highest BCUT2D eigenvalue weighted by atomic mass is 16.5. The fourth-order valence-electron chi connectivity index (χ4n) is 4.31. The van der Waals surface area contributed by atoms with Crippen LogP contribution in [0.3, 0.4) is 0 Å². The van der Waals surface area contributed by atoms with Gasteiger partial charge in [0, 0.05) is 19.0 Å². The van der Waals surface area contributed by atoms with E-state index in [9.17, 15) is 9.90 Å². The van der Waals surface area contributed by atoms with Crippen LogP contribution in [0.15, 0.2) is 4.52 Å². The summed E-state index contributed by atoms with van der Waals surface area (Å²) in [6.45, 7) is 5.11. The van der Waals surface area contributed by atoms with Crippen LogP contribution in [0.2, 0.25) is 0 Å². The van der Waals surface area contributed by atoms with Gasteiger partial charge in [0.25, 0.3) is 5.88 Å². The highest BCUT2D eigenvalue weighted by molar-refractivity contribution is 5.67. The van der Waals surface area contributed by atoms with Gasteiger partial charge in [0.05, 0.1) is 24.9 Å². The van der Waals surface area contributed by atoms with E-state index in [2.05, 4.69) is 5.16 Å². The maximum atomic E-state index is 11.7. The highest BCUT2D eigenvalue weighted by Gasteiger charge is 2.36. The molecular weight excluding hydrogens is 348 g/mol. The van der Waals surface area contributed by atoms with E-state index in [1.165, 1.54) is 13.5 Å². The molecule has 27 heavy (non-hydrogen) atoms. The predicted molar refractivity (Wildman–Crippen MR) is 99.8 cm³/mol. The lowest BCUT2D eigenvalue weighted by Gasteiger charge is -2.31. The van der Waals surface area contributed by atoms with E-state index in [0.29, 0.717) is 19.0 Å². The second-order valence-corrected chi connectivity index (χ2v) is 8.01. The van der Waals surface area contributed by atoms with E-state index < -0.39 is 6.10 Å². The van der Waals surface area contributed by atoms with Crippen LogP contribution in [0.4, 0.5) is 4.79 Å². The number of methoxy groups -OCH3 is 1. The molecule has 1 saturated heterocycles. The van der Waals surface area contributed by atoms with Crippen molar-refractivity contribution >= 4 is 6.09 Å². The second kappa shape index (κ2) is 8.95. The number of piperidine rings is 1. The minimum absolute atomic E-state index is 0.0403. The van der Waals surface area contributed by atoms with Crippen LogP contribution in [0, 0.1) is 5.92 Å². The minimum Gasteiger partial charge on any atom is -0.473 e. The number of rotatable bonds is 5. The maximum absolute atomic E-state index is 11.7. The third-order valence-electron chi connectivity index (χ3n) is 5.76. The summed E-state index contributed by atoms with van der Waals surface area (Å²) < 4.78 is 16.4. The lowest BCUT2D eigenvalue weighted by Crippen LogP contribution is -2.38. The van der Waals surface area contributed by atoms with Crippen LogP contribution in [0.1, 0.15) is 82.1 Å². The minimum atomic E-state index is -0.612. The molecule has 1 aliphatic heterocycles. The van der Waals surface area contributed by atoms with Gasteiger partial charge in [0.15, 0.2) is 0 Å². The molecule has 1 saturated carbocycles. The summed E-state index contributed by atoms with van der Waals surface area (Å²) in [6, 6.07) is 0. The molecule has 1 aromatic rings. The SMILES string of the molecule is COC(=O)N1CCC(c2onc(OC(C)C)c2C(O)C2CCCCC2)CC1. The molecule has 2 aliphatic rings. The summed E-state index contributed by atoms with van der Waals surface area (Å²) in [5.41, 5.74) is 0.729. The number of nitrogens with zero attached hydrogens (tertiary/aromatic N) is 2. The van der Waals surface area contributed by atoms with Crippen molar-refractivity contribution < 1.29 is 23.9 Å². The Bertz CT molecular complexity index is 616. The average Bonchev–Trinajstić information content (AvgIpc) is 3.10. The molecule has 0 radical (unpaired) electrons. The number of carbonyl (C=O) groups excluding carboxylic acids is 1. The molecule has 2 fully saturated rings. The Morgan fingerprint density at radius 2 is 1.85 bits per heavy atom. The maximum Gasteiger partial charge on any atom is 0.409 e. The van der Waals surface area contributed by atoms with Gasteiger partial charge in [-0.05, 0) is 50.6 Å². The number of likely N-dealkylation sites (tertiary alicyclic amines) is 1. The molecule has 0 bridgehead atoms. The quantitative estimate of drug-likeness (QED) is 0.830. The summed E-state index contributed by atoms with van der Waals surface area (Å²) in [5.74, 6) is 1.50. The smallest absolute Gasteiger partial charge is 0.409 e. The van der Waals surface area contributed by atoms with E-state index in [0.717, 1.165) is 49.8 Å². The second-order valence-electron chi connectivity index (χ2n) is 8.01. The zero-order valence-corrected chi connectivity index (χ0v) is 16.6. The first-order valence-electron chi connectivity index (χ1n) is 10.2. The van der Waals surface area contributed by atoms with Crippen LogP contribution < -0.4 is 4.74 Å². The number of carbonyl (C=O) groups is 1. The van der Waals surface area contributed by atoms with Crippen molar-refractivity contribution in [2.24, 2.45) is 5.92 Å². The van der Waals surface area contributed by atoms with Gasteiger partial charge in [-0.3, -0.25) is 0 Å². The van der Waals surface area contributed by atoms with Gasteiger partial charge in [0.1, 0.15) is 5.76 Å². The molecule has 1 unspecified atom stereocenters. The molecule has 1 N–H and O–H groups in total. The molecular formula is C20H32N2O5. The van der Waals surface area contributed by atoms with E-state index >= 15 is 0 Å². The summed E-state index contributed by atoms with van der Waals surface area (Å²) >= 11 is 0. The van der Waals surface area contributed by atoms with Gasteiger partial charge >= 0.3 is 6.09 Å². The number of hydrogen-bond donors (Lipinski definition) is 1. The van der Waals surface area contributed by atoms with Crippen molar-refractivity contribution in [2.75, 3.05) is 20.2 Å². The fourth-order valence-corrected chi connectivity index (χ4v) is 4.31. The molecule has 1 amide bonds. The van der Waals surface area contributed by atoms with E-state index in [1.54, 1.807) is 4.90 Å². The Balaban J connectivity index is 1.80. The summed E-state index contributed by atoms with van der Waals surface area (Å²) in [6.07, 6.45) is 6.16. The fraction of sp³-hybridized carbons (Fsp3) is 0.800. The number of hydrogen-bond acceptors (Lipinski definition) is 6. The standard InChI is InChI=1S/C20H32N2O5/c1-13(2)26-19-16(17(23)14-7-5-4-6-8-14)18(27-21-19)15-9-11-22(12-10-15)20(24)25-3/h13-15,17,23H,4-12H2,1-3H3. The van der Waals surface area contributed by atoms with Crippen LogP contribution >= 0.6 is 0 Å². The van der Waals surface area contributed by atoms with Crippen molar-refractivity contribution in [2.45, 2.75) is 76.9 Å². The molecule has 7 nitrogen and oxygen atoms in total. The molecule has 0 aromatic carbocycles. The molecule has 1 aliphatic carbocycles. The lowest BCUT2D eigenvalue weighted by atomic mass is 9.81. The number of amides is 1. The summed E-state index contributed by atoms with van der Waals surface area (Å²) in [5, 5.41) is 15.3. The predicted octanol–water partition coefficient (Wildman–Crippen LogP) is 4.02. The Hall–Kier alpha value is -1.76. The van der Waals surface area contributed by atoms with Crippen molar-refractivity contribution in [3.63, 3.8) is 0 Å². The van der Waals surface area contributed by atoms with Gasteiger partial charge in [0.2, 0.25) is 0 Å². The molecule has 152 valence electrons. The van der Waals surface area contributed by atoms with Gasteiger partial charge < -0.3 is 24.0 Å². The molecule has 1 atom stereocenters. The van der Waals surface area contributed by atoms with Gasteiger partial charge in [-0.2, -0.15) is 0 Å². The van der Waals surface area contributed by atoms with Gasteiger partial charge in [-0.25, -0.2) is 4.79 Å². The Morgan fingerprint density at radius 1 is 1.19 bits per heavy atom. The topological polar surface area (TPSA) is 85.0 Å². The first kappa shape index (κ1) is 20.0. The third-order valence-corrected chi connectivity index (χ3v) is 5.76. The number of aliphatic hydroxyl groups excluding tert-OH is 1. The van der Waals surface area contributed by atoms with Gasteiger partial charge in [-0.15, -0.1) is 0 Å². The molecule has 2 heterocycles. The largest absolute Gasteiger partial charge is 0.473 e. The zero-order valence-electron chi connectivity index (χ0n) is 16.6. The Kier molecular flexibility index (Phi) is 6.63. The summed E-state index contributed by atoms with van der Waals surface area (Å²) in [4.78, 5) is 13.4. The van der Waals surface area contributed by atoms with E-state index in [1.807, 2.05) is 13.8 Å². The van der Waals surface area contributed by atoms with Crippen molar-refractivity contribution in [1.29, 1.82) is 0 Å². The number of aromatic nitrogens is 1. The van der Waals surface area contributed by atoms with E-state index in [4.69, 9.17) is 14.0 Å². The van der Waals surface area contributed by atoms with Gasteiger partial charge in [-0.1, -0.05) is 19.3 Å². The lowest BCUT2D eigenvalue weighted by molar-refractivity contribution is 0.0774. The molecule has 7 heteroatoms.